The van der Waals surface area contributed by atoms with Gasteiger partial charge in [0.05, 0.1) is 13.1 Å². The van der Waals surface area contributed by atoms with Crippen LogP contribution in [-0.4, -0.2) is 16.6 Å². The van der Waals surface area contributed by atoms with Crippen LogP contribution in [0.4, 0.5) is 4.79 Å². The van der Waals surface area contributed by atoms with Gasteiger partial charge in [-0.3, -0.25) is 4.90 Å². The van der Waals surface area contributed by atoms with Gasteiger partial charge in [-0.25, -0.2) is 4.79 Å². The normalized spacial score (nSPS) is 15.3. The molecule has 0 spiro atoms. The van der Waals surface area contributed by atoms with E-state index < -0.39 is 5.60 Å². The van der Waals surface area contributed by atoms with E-state index in [2.05, 4.69) is 10.8 Å². The van der Waals surface area contributed by atoms with E-state index in [4.69, 9.17) is 4.74 Å². The van der Waals surface area contributed by atoms with Gasteiger partial charge in [-0.2, -0.15) is 11.3 Å². The highest BCUT2D eigenvalue weighted by Gasteiger charge is 2.27. The molecular formula is C11H15NO2S. The monoisotopic (exact) mass is 225 g/mol. The lowest BCUT2D eigenvalue weighted by Gasteiger charge is -2.24. The third-order valence-corrected chi connectivity index (χ3v) is 3.05. The molecule has 0 unspecified atom stereocenters. The quantitative estimate of drug-likeness (QED) is 0.679. The van der Waals surface area contributed by atoms with Gasteiger partial charge in [0.1, 0.15) is 5.60 Å². The van der Waals surface area contributed by atoms with E-state index in [-0.39, 0.29) is 6.09 Å². The summed E-state index contributed by atoms with van der Waals surface area (Å²) in [5.41, 5.74) is 2.10. The minimum Gasteiger partial charge on any atom is -0.444 e. The van der Waals surface area contributed by atoms with Crippen LogP contribution in [0.2, 0.25) is 0 Å². The molecule has 2 heterocycles. The SMILES string of the molecule is CC(C)(C)OC(=O)N1Cc2cscc2C1. The first kappa shape index (κ1) is 10.5. The topological polar surface area (TPSA) is 29.5 Å². The van der Waals surface area contributed by atoms with Crippen LogP contribution < -0.4 is 0 Å². The molecule has 0 atom stereocenters. The number of carbonyl (C=O) groups is 1. The Morgan fingerprint density at radius 3 is 2.33 bits per heavy atom. The average molecular weight is 225 g/mol. The second kappa shape index (κ2) is 3.52. The number of nitrogens with zero attached hydrogens (tertiary/aromatic N) is 1. The summed E-state index contributed by atoms with van der Waals surface area (Å²) in [4.78, 5) is 13.5. The first-order valence-electron chi connectivity index (χ1n) is 4.97. The van der Waals surface area contributed by atoms with Crippen molar-refractivity contribution >= 4 is 17.4 Å². The zero-order chi connectivity index (χ0) is 11.1. The van der Waals surface area contributed by atoms with Crippen LogP contribution in [0.1, 0.15) is 31.9 Å². The molecule has 3 nitrogen and oxygen atoms in total. The molecule has 0 aliphatic carbocycles. The number of carbonyl (C=O) groups excluding carboxylic acids is 1. The minimum atomic E-state index is -0.410. The van der Waals surface area contributed by atoms with Gasteiger partial charge >= 0.3 is 6.09 Å². The molecule has 0 aromatic carbocycles. The van der Waals surface area contributed by atoms with Crippen molar-refractivity contribution in [3.63, 3.8) is 0 Å². The Bertz CT molecular complexity index is 358. The highest BCUT2D eigenvalue weighted by atomic mass is 32.1. The van der Waals surface area contributed by atoms with Gasteiger partial charge in [-0.15, -0.1) is 0 Å². The van der Waals surface area contributed by atoms with Crippen LogP contribution in [0, 0.1) is 0 Å². The van der Waals surface area contributed by atoms with Crippen molar-refractivity contribution in [1.29, 1.82) is 0 Å². The number of fused-ring (bicyclic) bond motifs is 1. The van der Waals surface area contributed by atoms with Crippen LogP contribution in [0.3, 0.4) is 0 Å². The van der Waals surface area contributed by atoms with Crippen molar-refractivity contribution in [2.45, 2.75) is 39.5 Å². The second-order valence-electron chi connectivity index (χ2n) is 4.76. The summed E-state index contributed by atoms with van der Waals surface area (Å²) in [6.45, 7) is 7.03. The molecule has 82 valence electrons. The molecule has 0 saturated heterocycles. The zero-order valence-corrected chi connectivity index (χ0v) is 10.1. The van der Waals surface area contributed by atoms with Crippen LogP contribution in [0.15, 0.2) is 10.8 Å². The number of ether oxygens (including phenoxy) is 1. The Morgan fingerprint density at radius 2 is 1.87 bits per heavy atom. The first-order valence-corrected chi connectivity index (χ1v) is 5.92. The number of hydrogen-bond acceptors (Lipinski definition) is 3. The van der Waals surface area contributed by atoms with Crippen LogP contribution >= 0.6 is 11.3 Å². The van der Waals surface area contributed by atoms with Crippen LogP contribution in [-0.2, 0) is 17.8 Å². The number of thiophene rings is 1. The zero-order valence-electron chi connectivity index (χ0n) is 9.24. The van der Waals surface area contributed by atoms with E-state index in [1.807, 2.05) is 20.8 Å². The Hall–Kier alpha value is -1.03. The van der Waals surface area contributed by atoms with Gasteiger partial charge in [0.25, 0.3) is 0 Å². The van der Waals surface area contributed by atoms with E-state index in [1.165, 1.54) is 11.1 Å². The molecule has 4 heteroatoms. The third kappa shape index (κ3) is 2.31. The summed E-state index contributed by atoms with van der Waals surface area (Å²) in [5, 5.41) is 4.19. The summed E-state index contributed by atoms with van der Waals surface area (Å²) in [5.74, 6) is 0. The van der Waals surface area contributed by atoms with E-state index in [1.54, 1.807) is 16.2 Å². The molecule has 1 aromatic rings. The van der Waals surface area contributed by atoms with E-state index >= 15 is 0 Å². The fourth-order valence-corrected chi connectivity index (χ4v) is 2.40. The smallest absolute Gasteiger partial charge is 0.410 e. The standard InChI is InChI=1S/C11H15NO2S/c1-11(2,3)14-10(13)12-4-8-6-15-7-9(8)5-12/h6-7H,4-5H2,1-3H3. The molecule has 0 saturated carbocycles. The second-order valence-corrected chi connectivity index (χ2v) is 5.50. The van der Waals surface area contributed by atoms with Crippen molar-refractivity contribution in [2.75, 3.05) is 0 Å². The molecule has 0 fully saturated rings. The maximum absolute atomic E-state index is 11.7. The van der Waals surface area contributed by atoms with Crippen molar-refractivity contribution in [3.8, 4) is 0 Å². The van der Waals surface area contributed by atoms with E-state index in [9.17, 15) is 4.79 Å². The average Bonchev–Trinajstić information content (AvgIpc) is 2.56. The lowest BCUT2D eigenvalue weighted by molar-refractivity contribution is 0.0242. The molecule has 15 heavy (non-hydrogen) atoms. The molecule has 0 bridgehead atoms. The van der Waals surface area contributed by atoms with Crippen LogP contribution in [0.5, 0.6) is 0 Å². The Kier molecular flexibility index (Phi) is 2.46. The molecule has 1 aliphatic rings. The Balaban J connectivity index is 1.98. The van der Waals surface area contributed by atoms with Crippen molar-refractivity contribution in [3.05, 3.63) is 21.9 Å². The molecule has 1 aliphatic heterocycles. The van der Waals surface area contributed by atoms with E-state index in [0.717, 1.165) is 0 Å². The van der Waals surface area contributed by atoms with Gasteiger partial charge < -0.3 is 4.74 Å². The largest absolute Gasteiger partial charge is 0.444 e. The summed E-state index contributed by atoms with van der Waals surface area (Å²) >= 11 is 1.69. The van der Waals surface area contributed by atoms with Crippen molar-refractivity contribution < 1.29 is 9.53 Å². The molecule has 2 rings (SSSR count). The Labute approximate surface area is 93.7 Å². The summed E-state index contributed by atoms with van der Waals surface area (Å²) in [7, 11) is 0. The molecule has 1 amide bonds. The maximum Gasteiger partial charge on any atom is 0.410 e. The predicted molar refractivity (Wildman–Crippen MR) is 59.8 cm³/mol. The van der Waals surface area contributed by atoms with Crippen molar-refractivity contribution in [1.82, 2.24) is 4.90 Å². The molecule has 1 aromatic heterocycles. The maximum atomic E-state index is 11.7. The number of amides is 1. The minimum absolute atomic E-state index is 0.219. The highest BCUT2D eigenvalue weighted by molar-refractivity contribution is 7.08. The van der Waals surface area contributed by atoms with Gasteiger partial charge in [0.2, 0.25) is 0 Å². The van der Waals surface area contributed by atoms with Gasteiger partial charge in [-0.1, -0.05) is 0 Å². The fourth-order valence-electron chi connectivity index (χ4n) is 1.55. The fraction of sp³-hybridized carbons (Fsp3) is 0.545. The molecule has 0 N–H and O–H groups in total. The highest BCUT2D eigenvalue weighted by Crippen LogP contribution is 2.27. The summed E-state index contributed by atoms with van der Waals surface area (Å²) < 4.78 is 5.31. The summed E-state index contributed by atoms with van der Waals surface area (Å²) in [6.07, 6.45) is -0.219. The predicted octanol–water partition coefficient (Wildman–Crippen LogP) is 3.00. The van der Waals surface area contributed by atoms with E-state index in [0.29, 0.717) is 13.1 Å². The molecule has 0 radical (unpaired) electrons. The number of rotatable bonds is 0. The molecular weight excluding hydrogens is 210 g/mol. The van der Waals surface area contributed by atoms with Crippen molar-refractivity contribution in [2.24, 2.45) is 0 Å². The van der Waals surface area contributed by atoms with Gasteiger partial charge in [0, 0.05) is 0 Å². The third-order valence-electron chi connectivity index (χ3n) is 2.21. The number of hydrogen-bond donors (Lipinski definition) is 0. The van der Waals surface area contributed by atoms with Gasteiger partial charge in [0.15, 0.2) is 0 Å². The lowest BCUT2D eigenvalue weighted by atomic mass is 10.2. The van der Waals surface area contributed by atoms with Crippen LogP contribution in [0.25, 0.3) is 0 Å². The summed E-state index contributed by atoms with van der Waals surface area (Å²) in [6, 6.07) is 0. The first-order chi connectivity index (χ1) is 6.96. The van der Waals surface area contributed by atoms with Gasteiger partial charge in [-0.05, 0) is 42.7 Å². The lowest BCUT2D eigenvalue weighted by Crippen LogP contribution is -2.33. The Morgan fingerprint density at radius 1 is 1.33 bits per heavy atom.